The quantitative estimate of drug-likeness (QED) is 0.561. The summed E-state index contributed by atoms with van der Waals surface area (Å²) in [7, 11) is 0. The third kappa shape index (κ3) is 4.28. The van der Waals surface area contributed by atoms with Crippen LogP contribution in [0, 0.1) is 20.8 Å². The molecule has 4 rings (SSSR count). The first-order chi connectivity index (χ1) is 14.6. The van der Waals surface area contributed by atoms with E-state index in [4.69, 9.17) is 0 Å². The number of aryl methyl sites for hydroxylation is 3. The summed E-state index contributed by atoms with van der Waals surface area (Å²) in [4.78, 5) is 12.7. The van der Waals surface area contributed by atoms with Crippen molar-refractivity contribution in [2.75, 3.05) is 10.6 Å². The van der Waals surface area contributed by atoms with Gasteiger partial charge in [0.05, 0.1) is 6.04 Å². The average molecular weight is 428 g/mol. The molecule has 5 nitrogen and oxygen atoms in total. The highest BCUT2D eigenvalue weighted by atomic mass is 19.4. The van der Waals surface area contributed by atoms with E-state index in [1.165, 1.54) is 6.07 Å². The van der Waals surface area contributed by atoms with Crippen LogP contribution in [0.25, 0.3) is 0 Å². The Morgan fingerprint density at radius 2 is 1.77 bits per heavy atom. The van der Waals surface area contributed by atoms with E-state index in [1.54, 1.807) is 6.07 Å². The third-order valence-electron chi connectivity index (χ3n) is 5.67. The molecule has 162 valence electrons. The van der Waals surface area contributed by atoms with Crippen molar-refractivity contribution in [3.63, 3.8) is 0 Å². The molecule has 0 spiro atoms. The monoisotopic (exact) mass is 428 g/mol. The summed E-state index contributed by atoms with van der Waals surface area (Å²) in [5.74, 6) is -0.385. The number of carbonyl (C=O) groups is 1. The molecule has 0 unspecified atom stereocenters. The van der Waals surface area contributed by atoms with E-state index in [9.17, 15) is 18.0 Å². The highest BCUT2D eigenvalue weighted by molar-refractivity contribution is 6.03. The zero-order valence-electron chi connectivity index (χ0n) is 17.4. The molecular formula is C23H23F3N4O. The lowest BCUT2D eigenvalue weighted by Crippen LogP contribution is -2.35. The molecule has 0 fully saturated rings. The average Bonchev–Trinajstić information content (AvgIpc) is 3.14. The zero-order valence-corrected chi connectivity index (χ0v) is 17.4. The van der Waals surface area contributed by atoms with Gasteiger partial charge in [0.15, 0.2) is 11.7 Å². The van der Waals surface area contributed by atoms with E-state index in [0.29, 0.717) is 5.69 Å². The van der Waals surface area contributed by atoms with Gasteiger partial charge in [-0.05, 0) is 49.6 Å². The molecule has 1 aliphatic rings. The molecule has 1 aliphatic heterocycles. The first-order valence-corrected chi connectivity index (χ1v) is 10.00. The van der Waals surface area contributed by atoms with Gasteiger partial charge in [-0.15, -0.1) is 0 Å². The van der Waals surface area contributed by atoms with Gasteiger partial charge in [-0.1, -0.05) is 35.9 Å². The minimum Gasteiger partial charge on any atom is -0.363 e. The Hall–Kier alpha value is -3.29. The Morgan fingerprint density at radius 3 is 2.42 bits per heavy atom. The van der Waals surface area contributed by atoms with Gasteiger partial charge in [0, 0.05) is 18.2 Å². The van der Waals surface area contributed by atoms with Crippen LogP contribution in [0.3, 0.4) is 0 Å². The van der Waals surface area contributed by atoms with Crippen molar-refractivity contribution in [2.45, 2.75) is 45.5 Å². The molecule has 31 heavy (non-hydrogen) atoms. The Bertz CT molecular complexity index is 1120. The summed E-state index contributed by atoms with van der Waals surface area (Å²) in [5.41, 5.74) is 4.36. The van der Waals surface area contributed by atoms with Crippen molar-refractivity contribution in [1.29, 1.82) is 0 Å². The Labute approximate surface area is 178 Å². The number of rotatable bonds is 3. The number of halogens is 3. The number of aromatic nitrogens is 2. The second kappa shape index (κ2) is 7.76. The largest absolute Gasteiger partial charge is 0.410 e. The normalized spacial score (nSPS) is 18.3. The Balaban J connectivity index is 1.63. The maximum Gasteiger partial charge on any atom is 0.410 e. The van der Waals surface area contributed by atoms with Crippen LogP contribution in [0.15, 0.2) is 48.5 Å². The summed E-state index contributed by atoms with van der Waals surface area (Å²) in [5, 5.41) is 9.82. The van der Waals surface area contributed by atoms with Gasteiger partial charge < -0.3 is 10.6 Å². The van der Waals surface area contributed by atoms with E-state index in [2.05, 4.69) is 15.7 Å². The van der Waals surface area contributed by atoms with Gasteiger partial charge in [-0.25, -0.2) is 4.68 Å². The maximum absolute atomic E-state index is 13.8. The smallest absolute Gasteiger partial charge is 0.363 e. The van der Waals surface area contributed by atoms with Crippen molar-refractivity contribution in [3.8, 4) is 0 Å². The van der Waals surface area contributed by atoms with Crippen LogP contribution < -0.4 is 10.6 Å². The van der Waals surface area contributed by atoms with Crippen LogP contribution in [0.5, 0.6) is 0 Å². The standard InChI is InChI=1S/C23H23F3N4O/c1-13-4-7-16(8-5-13)18-11-20(23(24,25)26)30-21(28-18)12-19(29-30)22(31)27-17-9-6-14(2)15(3)10-17/h4-10,12,18,20,28H,11H2,1-3H3,(H,27,31)/t18-,20+/m1/s1. The molecular weight excluding hydrogens is 405 g/mol. The lowest BCUT2D eigenvalue weighted by Gasteiger charge is -2.33. The predicted molar refractivity (Wildman–Crippen MR) is 113 cm³/mol. The van der Waals surface area contributed by atoms with Gasteiger partial charge in [0.25, 0.3) is 5.91 Å². The number of carbonyl (C=O) groups excluding carboxylic acids is 1. The van der Waals surface area contributed by atoms with Gasteiger partial charge in [-0.3, -0.25) is 4.79 Å². The number of hydrogen-bond donors (Lipinski definition) is 2. The van der Waals surface area contributed by atoms with Crippen LogP contribution in [0.2, 0.25) is 0 Å². The van der Waals surface area contributed by atoms with Crippen molar-refractivity contribution in [2.24, 2.45) is 0 Å². The molecule has 0 aliphatic carbocycles. The SMILES string of the molecule is Cc1ccc([C@H]2C[C@@H](C(F)(F)F)n3nc(C(=O)Nc4ccc(C)c(C)c4)cc3N2)cc1. The van der Waals surface area contributed by atoms with Gasteiger partial charge >= 0.3 is 6.18 Å². The lowest BCUT2D eigenvalue weighted by molar-refractivity contribution is -0.173. The van der Waals surface area contributed by atoms with Crippen LogP contribution in [0.4, 0.5) is 24.7 Å². The van der Waals surface area contributed by atoms with Crippen molar-refractivity contribution in [3.05, 3.63) is 76.5 Å². The molecule has 1 aromatic heterocycles. The fraction of sp³-hybridized carbons (Fsp3) is 0.304. The van der Waals surface area contributed by atoms with Gasteiger partial charge in [0.1, 0.15) is 5.82 Å². The summed E-state index contributed by atoms with van der Waals surface area (Å²) < 4.78 is 42.3. The minimum atomic E-state index is -4.49. The molecule has 1 amide bonds. The second-order valence-corrected chi connectivity index (χ2v) is 8.01. The van der Waals surface area contributed by atoms with E-state index >= 15 is 0 Å². The summed E-state index contributed by atoms with van der Waals surface area (Å²) in [6.45, 7) is 5.80. The van der Waals surface area contributed by atoms with Crippen LogP contribution in [0.1, 0.15) is 51.2 Å². The van der Waals surface area contributed by atoms with E-state index in [1.807, 2.05) is 57.2 Å². The number of nitrogens with zero attached hydrogens (tertiary/aromatic N) is 2. The van der Waals surface area contributed by atoms with Crippen LogP contribution >= 0.6 is 0 Å². The van der Waals surface area contributed by atoms with E-state index < -0.39 is 24.2 Å². The third-order valence-corrected chi connectivity index (χ3v) is 5.67. The molecule has 0 saturated heterocycles. The first kappa shape index (κ1) is 21.0. The number of nitrogens with one attached hydrogen (secondary N) is 2. The topological polar surface area (TPSA) is 59.0 Å². The second-order valence-electron chi connectivity index (χ2n) is 8.01. The first-order valence-electron chi connectivity index (χ1n) is 10.00. The number of anilines is 2. The minimum absolute atomic E-state index is 0.0699. The molecule has 0 bridgehead atoms. The number of alkyl halides is 3. The number of benzene rings is 2. The fourth-order valence-corrected chi connectivity index (χ4v) is 3.72. The highest BCUT2D eigenvalue weighted by Gasteiger charge is 2.46. The van der Waals surface area contributed by atoms with Crippen molar-refractivity contribution < 1.29 is 18.0 Å². The Morgan fingerprint density at radius 1 is 1.06 bits per heavy atom. The van der Waals surface area contributed by atoms with Gasteiger partial charge in [-0.2, -0.15) is 18.3 Å². The highest BCUT2D eigenvalue weighted by Crippen LogP contribution is 2.43. The maximum atomic E-state index is 13.8. The van der Waals surface area contributed by atoms with Crippen LogP contribution in [-0.2, 0) is 0 Å². The summed E-state index contributed by atoms with van der Waals surface area (Å²) in [6, 6.07) is 11.8. The molecule has 8 heteroatoms. The van der Waals surface area contributed by atoms with Crippen molar-refractivity contribution in [1.82, 2.24) is 9.78 Å². The molecule has 2 aromatic carbocycles. The molecule has 2 N–H and O–H groups in total. The molecule has 2 atom stereocenters. The number of hydrogen-bond acceptors (Lipinski definition) is 3. The fourth-order valence-electron chi connectivity index (χ4n) is 3.72. The number of fused-ring (bicyclic) bond motifs is 1. The summed E-state index contributed by atoms with van der Waals surface area (Å²) >= 11 is 0. The molecule has 0 saturated carbocycles. The summed E-state index contributed by atoms with van der Waals surface area (Å²) in [6.07, 6.45) is -4.70. The molecule has 2 heterocycles. The number of amides is 1. The Kier molecular flexibility index (Phi) is 5.24. The predicted octanol–water partition coefficient (Wildman–Crippen LogP) is 5.72. The van der Waals surface area contributed by atoms with E-state index in [0.717, 1.165) is 26.9 Å². The molecule has 0 radical (unpaired) electrons. The van der Waals surface area contributed by atoms with Gasteiger partial charge in [0.2, 0.25) is 0 Å². The van der Waals surface area contributed by atoms with Crippen molar-refractivity contribution >= 4 is 17.4 Å². The molecule has 3 aromatic rings. The lowest BCUT2D eigenvalue weighted by atomic mass is 9.96. The van der Waals surface area contributed by atoms with E-state index in [-0.39, 0.29) is 17.9 Å². The van der Waals surface area contributed by atoms with Crippen LogP contribution in [-0.4, -0.2) is 21.9 Å². The zero-order chi connectivity index (χ0) is 22.3.